The van der Waals surface area contributed by atoms with E-state index in [1.807, 2.05) is 10.8 Å². The van der Waals surface area contributed by atoms with E-state index in [2.05, 4.69) is 55.2 Å². The lowest BCUT2D eigenvalue weighted by atomic mass is 9.81. The smallest absolute Gasteiger partial charge is 0.282 e. The highest BCUT2D eigenvalue weighted by atomic mass is 32.2. The van der Waals surface area contributed by atoms with E-state index >= 15 is 0 Å². The summed E-state index contributed by atoms with van der Waals surface area (Å²) in [6, 6.07) is 0.0724. The van der Waals surface area contributed by atoms with Gasteiger partial charge in [0.25, 0.3) is 11.8 Å². The maximum absolute atomic E-state index is 13.2. The maximum Gasteiger partial charge on any atom is 0.282 e. The van der Waals surface area contributed by atoms with Gasteiger partial charge in [0.2, 0.25) is 5.13 Å². The number of nitrogens with one attached hydrogen (secondary N) is 4. The summed E-state index contributed by atoms with van der Waals surface area (Å²) < 4.78 is 52.8. The summed E-state index contributed by atoms with van der Waals surface area (Å²) in [6.07, 6.45) is 5.59. The van der Waals surface area contributed by atoms with Crippen LogP contribution in [0.4, 0.5) is 33.0 Å². The Morgan fingerprint density at radius 2 is 1.67 bits per heavy atom. The molecule has 0 radical (unpaired) electrons. The molecule has 4 aliphatic rings. The lowest BCUT2D eigenvalue weighted by molar-refractivity contribution is -0.0269. The van der Waals surface area contributed by atoms with Crippen molar-refractivity contribution in [3.8, 4) is 0 Å². The van der Waals surface area contributed by atoms with Gasteiger partial charge in [-0.2, -0.15) is 0 Å². The molecular formula is C28H36F4N10S4. The van der Waals surface area contributed by atoms with Crippen molar-refractivity contribution in [2.24, 2.45) is 5.92 Å². The Kier molecular flexibility index (Phi) is 9.12. The van der Waals surface area contributed by atoms with Gasteiger partial charge < -0.3 is 20.4 Å². The predicted octanol–water partition coefficient (Wildman–Crippen LogP) is 5.48. The van der Waals surface area contributed by atoms with Crippen LogP contribution in [0.15, 0.2) is 23.0 Å². The first-order valence-corrected chi connectivity index (χ1v) is 18.8. The van der Waals surface area contributed by atoms with Crippen LogP contribution in [0.25, 0.3) is 0 Å². The molecule has 0 bridgehead atoms. The van der Waals surface area contributed by atoms with Gasteiger partial charge in [-0.05, 0) is 32.1 Å². The molecule has 3 aromatic rings. The Morgan fingerprint density at radius 1 is 1.00 bits per heavy atom. The molecule has 5 atom stereocenters. The minimum atomic E-state index is -2.61. The number of halogens is 4. The molecule has 0 aromatic carbocycles. The minimum Gasteiger partial charge on any atom is -0.364 e. The van der Waals surface area contributed by atoms with E-state index in [0.717, 1.165) is 52.9 Å². The fourth-order valence-electron chi connectivity index (χ4n) is 6.24. The van der Waals surface area contributed by atoms with Gasteiger partial charge in [-0.3, -0.25) is 0 Å². The summed E-state index contributed by atoms with van der Waals surface area (Å²) in [6.45, 7) is 5.18. The van der Waals surface area contributed by atoms with E-state index in [1.54, 1.807) is 32.9 Å². The monoisotopic (exact) mass is 716 g/mol. The molecule has 3 saturated heterocycles. The molecule has 46 heavy (non-hydrogen) atoms. The Bertz CT molecular complexity index is 1510. The SMILES string of the molecule is C=C(Cc1csc(N2CC(F)(F)C2)n1)NC1NNC([C@H]2CCC[C@H](c3nnc(NC(C)Cc4csc(N5CC(F)(F)C5)n4)s3)C2)S1. The molecule has 7 rings (SSSR count). The van der Waals surface area contributed by atoms with Gasteiger partial charge >= 0.3 is 0 Å². The number of hydrogen-bond donors (Lipinski definition) is 4. The number of anilines is 3. The van der Waals surface area contributed by atoms with Gasteiger partial charge in [-0.1, -0.05) is 36.1 Å². The number of nitrogens with zero attached hydrogens (tertiary/aromatic N) is 6. The van der Waals surface area contributed by atoms with Crippen molar-refractivity contribution in [3.63, 3.8) is 0 Å². The first-order valence-electron chi connectivity index (χ1n) is 15.3. The van der Waals surface area contributed by atoms with Gasteiger partial charge in [0.15, 0.2) is 10.3 Å². The Hall–Kier alpha value is -2.25. The average molecular weight is 717 g/mol. The molecule has 3 aliphatic heterocycles. The summed E-state index contributed by atoms with van der Waals surface area (Å²) in [7, 11) is 0. The van der Waals surface area contributed by atoms with Crippen molar-refractivity contribution in [2.75, 3.05) is 41.3 Å². The van der Waals surface area contributed by atoms with Crippen LogP contribution in [0, 0.1) is 5.92 Å². The average Bonchev–Trinajstić information content (AvgIpc) is 3.79. The molecule has 4 N–H and O–H groups in total. The van der Waals surface area contributed by atoms with Crippen LogP contribution in [0.2, 0.25) is 0 Å². The number of thiazole rings is 2. The molecule has 3 aromatic heterocycles. The molecule has 10 nitrogen and oxygen atoms in total. The highest BCUT2D eigenvalue weighted by Crippen LogP contribution is 2.43. The quantitative estimate of drug-likeness (QED) is 0.179. The van der Waals surface area contributed by atoms with E-state index in [-0.39, 0.29) is 43.1 Å². The number of allylic oxidation sites excluding steroid dienone is 1. The first kappa shape index (κ1) is 32.3. The van der Waals surface area contributed by atoms with Crippen LogP contribution < -0.4 is 31.3 Å². The molecule has 4 fully saturated rings. The van der Waals surface area contributed by atoms with Gasteiger partial charge in [-0.15, -0.1) is 32.9 Å². The minimum absolute atomic E-state index is 0.0375. The van der Waals surface area contributed by atoms with Crippen LogP contribution >= 0.6 is 45.8 Å². The predicted molar refractivity (Wildman–Crippen MR) is 177 cm³/mol. The highest BCUT2D eigenvalue weighted by Gasteiger charge is 2.46. The van der Waals surface area contributed by atoms with E-state index in [1.165, 1.54) is 22.7 Å². The van der Waals surface area contributed by atoms with Crippen molar-refractivity contribution in [2.45, 2.75) is 80.1 Å². The Morgan fingerprint density at radius 3 is 2.37 bits per heavy atom. The number of hydrogen-bond acceptors (Lipinski definition) is 14. The van der Waals surface area contributed by atoms with E-state index in [4.69, 9.17) is 0 Å². The van der Waals surface area contributed by atoms with E-state index in [0.29, 0.717) is 34.9 Å². The van der Waals surface area contributed by atoms with Gasteiger partial charge in [0.05, 0.1) is 42.9 Å². The summed E-state index contributed by atoms with van der Waals surface area (Å²) >= 11 is 6.21. The van der Waals surface area contributed by atoms with Crippen LogP contribution in [0.3, 0.4) is 0 Å². The topological polar surface area (TPSA) is 106 Å². The third-order valence-electron chi connectivity index (χ3n) is 8.50. The molecule has 3 unspecified atom stereocenters. The third kappa shape index (κ3) is 7.56. The number of alkyl halides is 4. The Balaban J connectivity index is 0.849. The second-order valence-corrected chi connectivity index (χ2v) is 16.6. The second-order valence-electron chi connectivity index (χ2n) is 12.6. The third-order valence-corrected chi connectivity index (χ3v) is 12.7. The van der Waals surface area contributed by atoms with E-state index < -0.39 is 11.8 Å². The molecule has 0 amide bonds. The van der Waals surface area contributed by atoms with Crippen molar-refractivity contribution in [1.82, 2.24) is 36.3 Å². The zero-order valence-corrected chi connectivity index (χ0v) is 28.4. The Labute approximate surface area is 280 Å². The fourth-order valence-corrected chi connectivity index (χ4v) is 10.2. The molecule has 18 heteroatoms. The van der Waals surface area contributed by atoms with Crippen LogP contribution in [0.1, 0.15) is 54.9 Å². The summed E-state index contributed by atoms with van der Waals surface area (Å²) in [4.78, 5) is 12.3. The molecule has 0 spiro atoms. The van der Waals surface area contributed by atoms with Gasteiger partial charge in [-0.25, -0.2) is 38.4 Å². The van der Waals surface area contributed by atoms with Gasteiger partial charge in [0.1, 0.15) is 10.5 Å². The number of hydrazine groups is 1. The van der Waals surface area contributed by atoms with Gasteiger partial charge in [0, 0.05) is 41.3 Å². The molecule has 1 saturated carbocycles. The number of rotatable bonds is 12. The number of aromatic nitrogens is 4. The van der Waals surface area contributed by atoms with Crippen molar-refractivity contribution in [3.05, 3.63) is 39.4 Å². The lowest BCUT2D eigenvalue weighted by Crippen LogP contribution is -2.56. The van der Waals surface area contributed by atoms with Crippen molar-refractivity contribution >= 4 is 61.2 Å². The largest absolute Gasteiger partial charge is 0.364 e. The lowest BCUT2D eigenvalue weighted by Gasteiger charge is -2.38. The van der Waals surface area contributed by atoms with Crippen molar-refractivity contribution < 1.29 is 17.6 Å². The van der Waals surface area contributed by atoms with Crippen molar-refractivity contribution in [1.29, 1.82) is 0 Å². The summed E-state index contributed by atoms with van der Waals surface area (Å²) in [5, 5.41) is 23.1. The number of thioether (sulfide) groups is 1. The molecule has 1 aliphatic carbocycles. The molecule has 250 valence electrons. The molecule has 6 heterocycles. The summed E-state index contributed by atoms with van der Waals surface area (Å²) in [5.41, 5.74) is 9.30. The standard InChI is InChI=1S/C28H36F4N10S4/c1-15(6-19-9-43-25(35-19)41-11-27(29,30)12-41)33-23-39-37-21(45-23)17-4-3-5-18(8-17)22-38-40-24(46-22)34-16(2)7-20-10-44-26(36-20)42-13-28(31,32)14-42/h9-10,16-18,21,23,33,37,39H,1,3-8,11-14H2,2H3,(H,34,40)/t16?,17-,18-,21?,23?/m0/s1. The van der Waals surface area contributed by atoms with Crippen LogP contribution in [-0.2, 0) is 12.8 Å². The second kappa shape index (κ2) is 13.0. The molecular weight excluding hydrogens is 681 g/mol. The fraction of sp³-hybridized carbons (Fsp3) is 0.643. The normalized spacial score (nSPS) is 27.6. The summed E-state index contributed by atoms with van der Waals surface area (Å²) in [5.74, 6) is -4.40. The zero-order valence-electron chi connectivity index (χ0n) is 25.1. The van der Waals surface area contributed by atoms with E-state index in [9.17, 15) is 17.6 Å². The van der Waals surface area contributed by atoms with Crippen LogP contribution in [0.5, 0.6) is 0 Å². The highest BCUT2D eigenvalue weighted by molar-refractivity contribution is 8.00. The maximum atomic E-state index is 13.2. The van der Waals surface area contributed by atoms with Crippen LogP contribution in [-0.4, -0.2) is 75.1 Å². The zero-order chi connectivity index (χ0) is 32.1. The first-order chi connectivity index (χ1) is 22.0.